The molecule has 0 aromatic heterocycles. The van der Waals surface area contributed by atoms with Crippen molar-refractivity contribution in [3.8, 4) is 11.1 Å². The Kier molecular flexibility index (Phi) is 4.30. The number of hydrogen-bond donors (Lipinski definition) is 0. The number of carbonyl (C=O) groups excluding carboxylic acids is 1. The lowest BCUT2D eigenvalue weighted by Crippen LogP contribution is -2.29. The Morgan fingerprint density at radius 2 is 1.46 bits per heavy atom. The molecule has 0 saturated carbocycles. The van der Waals surface area contributed by atoms with Crippen molar-refractivity contribution >= 4 is 27.7 Å². The lowest BCUT2D eigenvalue weighted by molar-refractivity contribution is 0.0887. The van der Waals surface area contributed by atoms with Gasteiger partial charge < -0.3 is 0 Å². The standard InChI is InChI=1S/C20H15NO3S2/c22-20-18-12-11-16(15-7-3-1-4-8-15)13-19(18)26(23,24)21(20)14-25-17-9-5-2-6-10-17/h1-13H,14H2. The van der Waals surface area contributed by atoms with Crippen LogP contribution in [-0.4, -0.2) is 24.5 Å². The largest absolute Gasteiger partial charge is 0.269 e. The van der Waals surface area contributed by atoms with Gasteiger partial charge in [0.15, 0.2) is 0 Å². The first kappa shape index (κ1) is 16.9. The number of rotatable bonds is 4. The number of thioether (sulfide) groups is 1. The summed E-state index contributed by atoms with van der Waals surface area (Å²) in [5.41, 5.74) is 1.92. The smallest absolute Gasteiger partial charge is 0.268 e. The minimum Gasteiger partial charge on any atom is -0.268 e. The van der Waals surface area contributed by atoms with Gasteiger partial charge in [-0.05, 0) is 35.4 Å². The van der Waals surface area contributed by atoms with E-state index in [2.05, 4.69) is 0 Å². The van der Waals surface area contributed by atoms with E-state index in [1.807, 2.05) is 60.7 Å². The number of nitrogens with zero attached hydrogens (tertiary/aromatic N) is 1. The monoisotopic (exact) mass is 381 g/mol. The second-order valence-electron chi connectivity index (χ2n) is 5.82. The summed E-state index contributed by atoms with van der Waals surface area (Å²) in [6.07, 6.45) is 0. The summed E-state index contributed by atoms with van der Waals surface area (Å²) in [7, 11) is -3.83. The quantitative estimate of drug-likeness (QED) is 0.634. The average Bonchev–Trinajstić information content (AvgIpc) is 2.87. The topological polar surface area (TPSA) is 54.5 Å². The Hall–Kier alpha value is -2.57. The van der Waals surface area contributed by atoms with Crippen molar-refractivity contribution in [1.82, 2.24) is 4.31 Å². The van der Waals surface area contributed by atoms with Gasteiger partial charge in [0.1, 0.15) is 4.90 Å². The third-order valence-corrected chi connectivity index (χ3v) is 7.13. The maximum absolute atomic E-state index is 12.9. The van der Waals surface area contributed by atoms with Crippen LogP contribution in [0.3, 0.4) is 0 Å². The van der Waals surface area contributed by atoms with Crippen LogP contribution >= 0.6 is 11.8 Å². The van der Waals surface area contributed by atoms with Crippen LogP contribution in [0.5, 0.6) is 0 Å². The van der Waals surface area contributed by atoms with Crippen molar-refractivity contribution in [1.29, 1.82) is 0 Å². The number of benzene rings is 3. The van der Waals surface area contributed by atoms with Gasteiger partial charge in [-0.15, -0.1) is 11.8 Å². The lowest BCUT2D eigenvalue weighted by atomic mass is 10.0. The predicted octanol–water partition coefficient (Wildman–Crippen LogP) is 4.25. The highest BCUT2D eigenvalue weighted by molar-refractivity contribution is 8.00. The van der Waals surface area contributed by atoms with E-state index in [1.54, 1.807) is 18.2 Å². The summed E-state index contributed by atoms with van der Waals surface area (Å²) in [5, 5.41) is 0. The van der Waals surface area contributed by atoms with Crippen LogP contribution in [0.2, 0.25) is 0 Å². The van der Waals surface area contributed by atoms with E-state index < -0.39 is 15.9 Å². The summed E-state index contributed by atoms with van der Waals surface area (Å²) in [6.45, 7) is 0. The fourth-order valence-electron chi connectivity index (χ4n) is 2.86. The van der Waals surface area contributed by atoms with Crippen LogP contribution in [0, 0.1) is 0 Å². The molecule has 0 unspecified atom stereocenters. The van der Waals surface area contributed by atoms with Gasteiger partial charge in [-0.3, -0.25) is 4.79 Å². The Labute approximate surface area is 156 Å². The maximum atomic E-state index is 12.9. The van der Waals surface area contributed by atoms with Crippen LogP contribution in [0.1, 0.15) is 10.4 Å². The molecule has 0 saturated heterocycles. The van der Waals surface area contributed by atoms with Gasteiger partial charge in [-0.25, -0.2) is 12.7 Å². The molecule has 0 aliphatic carbocycles. The van der Waals surface area contributed by atoms with Crippen molar-refractivity contribution < 1.29 is 13.2 Å². The molecule has 1 aliphatic rings. The van der Waals surface area contributed by atoms with Gasteiger partial charge in [0, 0.05) is 4.90 Å². The maximum Gasteiger partial charge on any atom is 0.269 e. The lowest BCUT2D eigenvalue weighted by Gasteiger charge is -2.14. The van der Waals surface area contributed by atoms with Crippen molar-refractivity contribution in [3.63, 3.8) is 0 Å². The van der Waals surface area contributed by atoms with Gasteiger partial charge in [0.05, 0.1) is 11.4 Å². The zero-order valence-electron chi connectivity index (χ0n) is 13.7. The van der Waals surface area contributed by atoms with E-state index in [-0.39, 0.29) is 16.3 Å². The van der Waals surface area contributed by atoms with Gasteiger partial charge in [0.2, 0.25) is 0 Å². The molecule has 4 rings (SSSR count). The molecule has 0 radical (unpaired) electrons. The molecule has 0 bridgehead atoms. The van der Waals surface area contributed by atoms with Crippen molar-refractivity contribution in [3.05, 3.63) is 84.4 Å². The first-order chi connectivity index (χ1) is 12.6. The third-order valence-electron chi connectivity index (χ3n) is 4.21. The summed E-state index contributed by atoms with van der Waals surface area (Å²) in [6, 6.07) is 23.9. The van der Waals surface area contributed by atoms with Crippen LogP contribution in [0.15, 0.2) is 88.7 Å². The number of amides is 1. The molecule has 1 aliphatic heterocycles. The van der Waals surface area contributed by atoms with E-state index in [1.165, 1.54) is 11.8 Å². The summed E-state index contributed by atoms with van der Waals surface area (Å²) >= 11 is 1.32. The molecule has 1 amide bonds. The Morgan fingerprint density at radius 3 is 2.15 bits per heavy atom. The average molecular weight is 381 g/mol. The van der Waals surface area contributed by atoms with Crippen molar-refractivity contribution in [2.24, 2.45) is 0 Å². The molecule has 26 heavy (non-hydrogen) atoms. The molecule has 3 aromatic rings. The molecular weight excluding hydrogens is 366 g/mol. The van der Waals surface area contributed by atoms with E-state index >= 15 is 0 Å². The third kappa shape index (κ3) is 2.91. The van der Waals surface area contributed by atoms with Gasteiger partial charge in [-0.2, -0.15) is 0 Å². The fourth-order valence-corrected chi connectivity index (χ4v) is 5.57. The summed E-state index contributed by atoms with van der Waals surface area (Å²) in [5.74, 6) is -0.413. The molecule has 130 valence electrons. The van der Waals surface area contributed by atoms with Crippen LogP contribution < -0.4 is 0 Å². The minimum absolute atomic E-state index is 0.0561. The second-order valence-corrected chi connectivity index (χ2v) is 8.67. The number of fused-ring (bicyclic) bond motifs is 1. The Bertz CT molecular complexity index is 1060. The second kappa shape index (κ2) is 6.63. The molecule has 0 spiro atoms. The van der Waals surface area contributed by atoms with E-state index in [9.17, 15) is 13.2 Å². The van der Waals surface area contributed by atoms with Gasteiger partial charge in [0.25, 0.3) is 15.9 Å². The number of hydrogen-bond acceptors (Lipinski definition) is 4. The minimum atomic E-state index is -3.83. The van der Waals surface area contributed by atoms with Crippen LogP contribution in [-0.2, 0) is 10.0 Å². The fraction of sp³-hybridized carbons (Fsp3) is 0.0500. The number of sulfonamides is 1. The van der Waals surface area contributed by atoms with Crippen molar-refractivity contribution in [2.45, 2.75) is 9.79 Å². The zero-order chi connectivity index (χ0) is 18.1. The molecule has 6 heteroatoms. The highest BCUT2D eigenvalue weighted by Gasteiger charge is 2.41. The molecule has 0 atom stereocenters. The zero-order valence-corrected chi connectivity index (χ0v) is 15.3. The summed E-state index contributed by atoms with van der Waals surface area (Å²) < 4.78 is 26.7. The Morgan fingerprint density at radius 1 is 0.808 bits per heavy atom. The van der Waals surface area contributed by atoms with Gasteiger partial charge >= 0.3 is 0 Å². The van der Waals surface area contributed by atoms with E-state index in [4.69, 9.17) is 0 Å². The predicted molar refractivity (Wildman–Crippen MR) is 102 cm³/mol. The molecular formula is C20H15NO3S2. The molecule has 3 aromatic carbocycles. The first-order valence-electron chi connectivity index (χ1n) is 8.02. The molecule has 0 N–H and O–H groups in total. The van der Waals surface area contributed by atoms with E-state index in [0.29, 0.717) is 0 Å². The molecule has 4 nitrogen and oxygen atoms in total. The van der Waals surface area contributed by atoms with Crippen LogP contribution in [0.25, 0.3) is 11.1 Å². The molecule has 0 fully saturated rings. The van der Waals surface area contributed by atoms with Gasteiger partial charge in [-0.1, -0.05) is 54.6 Å². The first-order valence-corrected chi connectivity index (χ1v) is 10.4. The molecule has 1 heterocycles. The van der Waals surface area contributed by atoms with E-state index in [0.717, 1.165) is 20.3 Å². The highest BCUT2D eigenvalue weighted by Crippen LogP contribution is 2.35. The SMILES string of the molecule is O=C1c2ccc(-c3ccccc3)cc2S(=O)(=O)N1CSc1ccccc1. The summed E-state index contributed by atoms with van der Waals surface area (Å²) in [4.78, 5) is 13.6. The van der Waals surface area contributed by atoms with Crippen LogP contribution in [0.4, 0.5) is 0 Å². The number of carbonyl (C=O) groups is 1. The highest BCUT2D eigenvalue weighted by atomic mass is 32.2. The van der Waals surface area contributed by atoms with Crippen molar-refractivity contribution in [2.75, 3.05) is 5.88 Å². The normalized spacial score (nSPS) is 15.1. The Balaban J connectivity index is 1.67.